The van der Waals surface area contributed by atoms with Crippen molar-refractivity contribution in [3.63, 3.8) is 0 Å². The molecule has 1 aliphatic rings. The first-order valence-electron chi connectivity index (χ1n) is 5.79. The second-order valence-electron chi connectivity index (χ2n) is 4.54. The SMILES string of the molecule is C=CC1(c2c(C)cccc2I)CCNCC1. The van der Waals surface area contributed by atoms with E-state index in [2.05, 4.69) is 65.7 Å². The number of aryl methyl sites for hydroxylation is 1. The fourth-order valence-corrected chi connectivity index (χ4v) is 3.86. The van der Waals surface area contributed by atoms with Crippen LogP contribution in [-0.4, -0.2) is 13.1 Å². The molecule has 0 aromatic heterocycles. The van der Waals surface area contributed by atoms with Gasteiger partial charge >= 0.3 is 0 Å². The molecule has 1 heterocycles. The van der Waals surface area contributed by atoms with Crippen LogP contribution in [0.3, 0.4) is 0 Å². The fraction of sp³-hybridized carbons (Fsp3) is 0.429. The lowest BCUT2D eigenvalue weighted by Crippen LogP contribution is -2.39. The summed E-state index contributed by atoms with van der Waals surface area (Å²) in [5, 5.41) is 3.43. The first kappa shape index (κ1) is 12.1. The summed E-state index contributed by atoms with van der Waals surface area (Å²) in [4.78, 5) is 0. The minimum atomic E-state index is 0.188. The summed E-state index contributed by atoms with van der Waals surface area (Å²) in [6, 6.07) is 6.55. The van der Waals surface area contributed by atoms with E-state index in [1.165, 1.54) is 14.7 Å². The second-order valence-corrected chi connectivity index (χ2v) is 5.70. The minimum absolute atomic E-state index is 0.188. The van der Waals surface area contributed by atoms with Gasteiger partial charge in [-0.15, -0.1) is 6.58 Å². The van der Waals surface area contributed by atoms with Crippen LogP contribution in [0.5, 0.6) is 0 Å². The number of allylic oxidation sites excluding steroid dienone is 1. The predicted octanol–water partition coefficient (Wildman–Crippen LogP) is 3.41. The molecule has 0 unspecified atom stereocenters. The minimum Gasteiger partial charge on any atom is -0.317 e. The lowest BCUT2D eigenvalue weighted by atomic mass is 9.72. The molecule has 16 heavy (non-hydrogen) atoms. The molecule has 86 valence electrons. The monoisotopic (exact) mass is 327 g/mol. The normalized spacial score (nSPS) is 19.4. The molecule has 0 bridgehead atoms. The van der Waals surface area contributed by atoms with E-state index in [0.717, 1.165) is 25.9 Å². The average Bonchev–Trinajstić information content (AvgIpc) is 2.30. The standard InChI is InChI=1S/C14H18IN/c1-3-14(7-9-16-10-8-14)13-11(2)5-4-6-12(13)15/h3-6,16H,1,7-10H2,2H3. The fourth-order valence-electron chi connectivity index (χ4n) is 2.69. The maximum Gasteiger partial charge on any atom is 0.0173 e. The van der Waals surface area contributed by atoms with Crippen molar-refractivity contribution < 1.29 is 0 Å². The lowest BCUT2D eigenvalue weighted by molar-refractivity contribution is 0.371. The van der Waals surface area contributed by atoms with Gasteiger partial charge in [0.15, 0.2) is 0 Å². The molecular weight excluding hydrogens is 309 g/mol. The Hall–Kier alpha value is -0.350. The van der Waals surface area contributed by atoms with Crippen LogP contribution >= 0.6 is 22.6 Å². The van der Waals surface area contributed by atoms with Crippen LogP contribution in [0.4, 0.5) is 0 Å². The van der Waals surface area contributed by atoms with Crippen molar-refractivity contribution in [1.82, 2.24) is 5.32 Å². The molecule has 0 radical (unpaired) electrons. The smallest absolute Gasteiger partial charge is 0.0173 e. The van der Waals surface area contributed by atoms with Crippen LogP contribution in [0, 0.1) is 10.5 Å². The van der Waals surface area contributed by atoms with Gasteiger partial charge in [-0.05, 0) is 72.6 Å². The molecule has 1 N–H and O–H groups in total. The molecular formula is C14H18IN. The molecule has 1 fully saturated rings. The van der Waals surface area contributed by atoms with E-state index in [0.29, 0.717) is 0 Å². The van der Waals surface area contributed by atoms with Gasteiger partial charge < -0.3 is 5.32 Å². The van der Waals surface area contributed by atoms with Crippen molar-refractivity contribution >= 4 is 22.6 Å². The highest BCUT2D eigenvalue weighted by molar-refractivity contribution is 14.1. The van der Waals surface area contributed by atoms with Gasteiger partial charge in [0.1, 0.15) is 0 Å². The summed E-state index contributed by atoms with van der Waals surface area (Å²) in [6.07, 6.45) is 4.49. The van der Waals surface area contributed by atoms with E-state index in [1.54, 1.807) is 0 Å². The highest BCUT2D eigenvalue weighted by Gasteiger charge is 2.33. The molecule has 2 rings (SSSR count). The number of piperidine rings is 1. The van der Waals surface area contributed by atoms with Crippen LogP contribution in [0.1, 0.15) is 24.0 Å². The van der Waals surface area contributed by atoms with E-state index in [1.807, 2.05) is 0 Å². The molecule has 0 saturated carbocycles. The summed E-state index contributed by atoms with van der Waals surface area (Å²) in [5.74, 6) is 0. The van der Waals surface area contributed by atoms with Crippen molar-refractivity contribution in [2.24, 2.45) is 0 Å². The van der Waals surface area contributed by atoms with Gasteiger partial charge in [-0.25, -0.2) is 0 Å². The van der Waals surface area contributed by atoms with Crippen molar-refractivity contribution in [2.75, 3.05) is 13.1 Å². The Bertz CT molecular complexity index is 371. The first-order valence-corrected chi connectivity index (χ1v) is 6.87. The summed E-state index contributed by atoms with van der Waals surface area (Å²) in [5.41, 5.74) is 3.08. The molecule has 0 spiro atoms. The van der Waals surface area contributed by atoms with E-state index >= 15 is 0 Å². The number of hydrogen-bond acceptors (Lipinski definition) is 1. The Labute approximate surface area is 111 Å². The highest BCUT2D eigenvalue weighted by atomic mass is 127. The zero-order valence-electron chi connectivity index (χ0n) is 9.72. The van der Waals surface area contributed by atoms with Crippen LogP contribution in [0.15, 0.2) is 30.9 Å². The Morgan fingerprint density at radius 3 is 2.62 bits per heavy atom. The van der Waals surface area contributed by atoms with Gasteiger partial charge in [0.2, 0.25) is 0 Å². The van der Waals surface area contributed by atoms with Crippen LogP contribution in [-0.2, 0) is 5.41 Å². The van der Waals surface area contributed by atoms with Gasteiger partial charge in [-0.3, -0.25) is 0 Å². The van der Waals surface area contributed by atoms with Crippen LogP contribution < -0.4 is 5.32 Å². The third-order valence-corrected chi connectivity index (χ3v) is 4.51. The highest BCUT2D eigenvalue weighted by Crippen LogP contribution is 2.38. The molecule has 2 heteroatoms. The number of nitrogens with one attached hydrogen (secondary N) is 1. The molecule has 1 aromatic carbocycles. The topological polar surface area (TPSA) is 12.0 Å². The van der Waals surface area contributed by atoms with E-state index in [4.69, 9.17) is 0 Å². The number of benzene rings is 1. The van der Waals surface area contributed by atoms with Gasteiger partial charge in [0, 0.05) is 8.99 Å². The maximum absolute atomic E-state index is 4.08. The largest absolute Gasteiger partial charge is 0.317 e. The summed E-state index contributed by atoms with van der Waals surface area (Å²) in [6.45, 7) is 8.48. The van der Waals surface area contributed by atoms with E-state index in [-0.39, 0.29) is 5.41 Å². The summed E-state index contributed by atoms with van der Waals surface area (Å²) in [7, 11) is 0. The molecule has 0 amide bonds. The second kappa shape index (κ2) is 4.88. The number of hydrogen-bond donors (Lipinski definition) is 1. The Kier molecular flexibility index (Phi) is 3.70. The third-order valence-electron chi connectivity index (χ3n) is 3.61. The Morgan fingerprint density at radius 1 is 1.38 bits per heavy atom. The van der Waals surface area contributed by atoms with Crippen molar-refractivity contribution in [3.05, 3.63) is 45.6 Å². The molecule has 0 atom stereocenters. The van der Waals surface area contributed by atoms with Gasteiger partial charge in [0.25, 0.3) is 0 Å². The zero-order chi connectivity index (χ0) is 11.6. The molecule has 1 aliphatic heterocycles. The van der Waals surface area contributed by atoms with Gasteiger partial charge in [0.05, 0.1) is 0 Å². The van der Waals surface area contributed by atoms with Gasteiger partial charge in [-0.2, -0.15) is 0 Å². The van der Waals surface area contributed by atoms with E-state index < -0.39 is 0 Å². The number of halogens is 1. The zero-order valence-corrected chi connectivity index (χ0v) is 11.9. The van der Waals surface area contributed by atoms with Crippen LogP contribution in [0.2, 0.25) is 0 Å². The Balaban J connectivity index is 2.51. The van der Waals surface area contributed by atoms with Crippen molar-refractivity contribution in [2.45, 2.75) is 25.2 Å². The van der Waals surface area contributed by atoms with Crippen LogP contribution in [0.25, 0.3) is 0 Å². The lowest BCUT2D eigenvalue weighted by Gasteiger charge is -2.37. The quantitative estimate of drug-likeness (QED) is 0.648. The maximum atomic E-state index is 4.08. The van der Waals surface area contributed by atoms with Crippen molar-refractivity contribution in [3.8, 4) is 0 Å². The van der Waals surface area contributed by atoms with E-state index in [9.17, 15) is 0 Å². The predicted molar refractivity (Wildman–Crippen MR) is 77.9 cm³/mol. The molecule has 1 nitrogen and oxygen atoms in total. The third kappa shape index (κ3) is 2.05. The van der Waals surface area contributed by atoms with Gasteiger partial charge in [-0.1, -0.05) is 18.2 Å². The average molecular weight is 327 g/mol. The summed E-state index contributed by atoms with van der Waals surface area (Å²) < 4.78 is 1.37. The molecule has 1 aromatic rings. The van der Waals surface area contributed by atoms with Crippen molar-refractivity contribution in [1.29, 1.82) is 0 Å². The molecule has 1 saturated heterocycles. The first-order chi connectivity index (χ1) is 7.69. The summed E-state index contributed by atoms with van der Waals surface area (Å²) >= 11 is 2.45. The Morgan fingerprint density at radius 2 is 2.06 bits per heavy atom. The molecule has 0 aliphatic carbocycles. The number of rotatable bonds is 2.